The van der Waals surface area contributed by atoms with Crippen LogP contribution in [0, 0.1) is 27.7 Å². The average molecular weight is 361 g/mol. The summed E-state index contributed by atoms with van der Waals surface area (Å²) in [6, 6.07) is 9.95. The number of nitrogens with zero attached hydrogens (tertiary/aromatic N) is 3. The number of carbonyl (C=O) groups excluding carboxylic acids is 1. The smallest absolute Gasteiger partial charge is 0.224 e. The minimum absolute atomic E-state index is 0.00264. The Morgan fingerprint density at radius 1 is 1.15 bits per heavy atom. The number of fused-ring (bicyclic) bond motifs is 2. The van der Waals surface area contributed by atoms with Crippen LogP contribution in [0.1, 0.15) is 34.8 Å². The summed E-state index contributed by atoms with van der Waals surface area (Å²) >= 11 is 0. The third kappa shape index (κ3) is 3.30. The largest absolute Gasteiger partial charge is 0.359 e. The Balaban J connectivity index is 1.49. The van der Waals surface area contributed by atoms with E-state index in [9.17, 15) is 4.79 Å². The van der Waals surface area contributed by atoms with Crippen LogP contribution in [-0.4, -0.2) is 25.5 Å². The maximum atomic E-state index is 12.5. The fourth-order valence-corrected chi connectivity index (χ4v) is 3.62. The summed E-state index contributed by atoms with van der Waals surface area (Å²) in [4.78, 5) is 20.4. The number of hydrogen-bond donors (Lipinski definition) is 2. The van der Waals surface area contributed by atoms with Crippen LogP contribution >= 0.6 is 0 Å². The lowest BCUT2D eigenvalue weighted by Gasteiger charge is -2.11. The van der Waals surface area contributed by atoms with Gasteiger partial charge in [0, 0.05) is 46.2 Å². The molecule has 2 N–H and O–H groups in total. The summed E-state index contributed by atoms with van der Waals surface area (Å²) < 4.78 is 1.86. The van der Waals surface area contributed by atoms with Gasteiger partial charge < -0.3 is 10.3 Å². The summed E-state index contributed by atoms with van der Waals surface area (Å²) in [6.45, 7) is 8.00. The third-order valence-corrected chi connectivity index (χ3v) is 4.93. The molecule has 0 saturated heterocycles. The molecule has 3 aromatic heterocycles. The van der Waals surface area contributed by atoms with Gasteiger partial charge in [-0.2, -0.15) is 5.10 Å². The van der Waals surface area contributed by atoms with Gasteiger partial charge in [-0.3, -0.25) is 4.79 Å². The van der Waals surface area contributed by atoms with Crippen molar-refractivity contribution in [2.24, 2.45) is 0 Å². The Morgan fingerprint density at radius 2 is 1.96 bits per heavy atom. The molecule has 6 heteroatoms. The quantitative estimate of drug-likeness (QED) is 0.576. The van der Waals surface area contributed by atoms with Gasteiger partial charge in [-0.25, -0.2) is 9.50 Å². The molecule has 0 unspecified atom stereocenters. The molecule has 0 bridgehead atoms. The first-order valence-electron chi connectivity index (χ1n) is 9.12. The van der Waals surface area contributed by atoms with Gasteiger partial charge in [0.15, 0.2) is 5.65 Å². The molecule has 1 amide bonds. The first kappa shape index (κ1) is 17.3. The van der Waals surface area contributed by atoms with Crippen molar-refractivity contribution in [3.63, 3.8) is 0 Å². The van der Waals surface area contributed by atoms with Crippen LogP contribution in [0.15, 0.2) is 30.3 Å². The molecule has 0 atom stereocenters. The van der Waals surface area contributed by atoms with Gasteiger partial charge in [0.25, 0.3) is 0 Å². The summed E-state index contributed by atoms with van der Waals surface area (Å²) in [6.07, 6.45) is 1.04. The standard InChI is InChI=1S/C21H23N5O/c1-12-9-16-11-17(5-7-19(16)22-12)24-21(27)8-6-18-14(3)23-20-10-13(2)25-26(20)15(18)4/h5,7,9-11,22H,6,8H2,1-4H3,(H,24,27). The molecule has 0 spiro atoms. The fourth-order valence-electron chi connectivity index (χ4n) is 3.62. The zero-order chi connectivity index (χ0) is 19.1. The number of benzene rings is 1. The minimum atomic E-state index is -0.00264. The van der Waals surface area contributed by atoms with Crippen LogP contribution in [0.3, 0.4) is 0 Å². The van der Waals surface area contributed by atoms with Gasteiger partial charge in [-0.15, -0.1) is 0 Å². The molecule has 27 heavy (non-hydrogen) atoms. The van der Waals surface area contributed by atoms with Crippen molar-refractivity contribution in [3.05, 3.63) is 58.7 Å². The Morgan fingerprint density at radius 3 is 2.78 bits per heavy atom. The van der Waals surface area contributed by atoms with Gasteiger partial charge in [-0.1, -0.05) is 0 Å². The zero-order valence-corrected chi connectivity index (χ0v) is 16.1. The van der Waals surface area contributed by atoms with Crippen LogP contribution < -0.4 is 5.32 Å². The summed E-state index contributed by atoms with van der Waals surface area (Å²) in [5.74, 6) is -0.00264. The summed E-state index contributed by atoms with van der Waals surface area (Å²) in [7, 11) is 0. The molecule has 4 aromatic rings. The van der Waals surface area contributed by atoms with Crippen molar-refractivity contribution in [3.8, 4) is 0 Å². The number of nitrogens with one attached hydrogen (secondary N) is 2. The lowest BCUT2D eigenvalue weighted by atomic mass is 10.1. The van der Waals surface area contributed by atoms with E-state index in [-0.39, 0.29) is 5.91 Å². The van der Waals surface area contributed by atoms with E-state index in [1.165, 1.54) is 0 Å². The molecule has 0 aliphatic rings. The third-order valence-electron chi connectivity index (χ3n) is 4.93. The van der Waals surface area contributed by atoms with E-state index in [1.807, 2.05) is 56.5 Å². The second kappa shape index (κ2) is 6.54. The highest BCUT2D eigenvalue weighted by Crippen LogP contribution is 2.21. The van der Waals surface area contributed by atoms with Gasteiger partial charge in [0.05, 0.1) is 5.69 Å². The van der Waals surface area contributed by atoms with E-state index >= 15 is 0 Å². The molecule has 0 fully saturated rings. The highest BCUT2D eigenvalue weighted by atomic mass is 16.1. The van der Waals surface area contributed by atoms with Crippen molar-refractivity contribution in [2.75, 3.05) is 5.32 Å². The van der Waals surface area contributed by atoms with Crippen LogP contribution in [-0.2, 0) is 11.2 Å². The van der Waals surface area contributed by atoms with Crippen LogP contribution in [0.4, 0.5) is 5.69 Å². The molecule has 0 aliphatic heterocycles. The second-order valence-electron chi connectivity index (χ2n) is 7.12. The molecule has 1 aromatic carbocycles. The van der Waals surface area contributed by atoms with Crippen molar-refractivity contribution < 1.29 is 4.79 Å². The first-order chi connectivity index (χ1) is 12.9. The topological polar surface area (TPSA) is 75.1 Å². The second-order valence-corrected chi connectivity index (χ2v) is 7.12. The lowest BCUT2D eigenvalue weighted by molar-refractivity contribution is -0.116. The number of aromatic amines is 1. The summed E-state index contributed by atoms with van der Waals surface area (Å²) in [5.41, 5.74) is 7.87. The number of hydrogen-bond acceptors (Lipinski definition) is 3. The molecular formula is C21H23N5O. The van der Waals surface area contributed by atoms with E-state index in [0.717, 1.165) is 50.6 Å². The number of anilines is 1. The Hall–Kier alpha value is -3.15. The highest BCUT2D eigenvalue weighted by molar-refractivity contribution is 5.94. The number of amides is 1. The van der Waals surface area contributed by atoms with Gasteiger partial charge in [0.2, 0.25) is 5.91 Å². The molecule has 0 saturated carbocycles. The molecule has 0 radical (unpaired) electrons. The monoisotopic (exact) mass is 361 g/mol. The van der Waals surface area contributed by atoms with Crippen LogP contribution in [0.5, 0.6) is 0 Å². The number of H-pyrrole nitrogens is 1. The van der Waals surface area contributed by atoms with Crippen molar-refractivity contribution in [1.82, 2.24) is 19.6 Å². The van der Waals surface area contributed by atoms with Crippen LogP contribution in [0.25, 0.3) is 16.6 Å². The van der Waals surface area contributed by atoms with Gasteiger partial charge in [0.1, 0.15) is 0 Å². The van der Waals surface area contributed by atoms with E-state index in [1.54, 1.807) is 0 Å². The normalized spacial score (nSPS) is 11.4. The van der Waals surface area contributed by atoms with Crippen molar-refractivity contribution >= 4 is 28.1 Å². The van der Waals surface area contributed by atoms with Gasteiger partial charge >= 0.3 is 0 Å². The zero-order valence-electron chi connectivity index (χ0n) is 16.1. The van der Waals surface area contributed by atoms with Crippen molar-refractivity contribution in [1.29, 1.82) is 0 Å². The van der Waals surface area contributed by atoms with E-state index in [4.69, 9.17) is 0 Å². The first-order valence-corrected chi connectivity index (χ1v) is 9.12. The van der Waals surface area contributed by atoms with E-state index < -0.39 is 0 Å². The number of rotatable bonds is 4. The Bertz CT molecular complexity index is 1170. The van der Waals surface area contributed by atoms with Crippen molar-refractivity contribution in [2.45, 2.75) is 40.5 Å². The molecule has 6 nitrogen and oxygen atoms in total. The SMILES string of the molecule is Cc1cc2nc(C)c(CCC(=O)Nc3ccc4[nH]c(C)cc4c3)c(C)n2n1. The minimum Gasteiger partial charge on any atom is -0.359 e. The Kier molecular flexibility index (Phi) is 4.18. The predicted octanol–water partition coefficient (Wildman–Crippen LogP) is 4.02. The van der Waals surface area contributed by atoms with Crippen LogP contribution in [0.2, 0.25) is 0 Å². The van der Waals surface area contributed by atoms with E-state index in [2.05, 4.69) is 26.4 Å². The van der Waals surface area contributed by atoms with E-state index in [0.29, 0.717) is 12.8 Å². The lowest BCUT2D eigenvalue weighted by Crippen LogP contribution is -2.14. The molecular weight excluding hydrogens is 338 g/mol. The number of aryl methyl sites for hydroxylation is 4. The summed E-state index contributed by atoms with van der Waals surface area (Å²) in [5, 5.41) is 8.59. The van der Waals surface area contributed by atoms with Gasteiger partial charge in [-0.05, 0) is 63.9 Å². The maximum Gasteiger partial charge on any atom is 0.224 e. The number of carbonyl (C=O) groups is 1. The predicted molar refractivity (Wildman–Crippen MR) is 107 cm³/mol. The molecule has 0 aliphatic carbocycles. The molecule has 3 heterocycles. The number of aromatic nitrogens is 4. The molecule has 138 valence electrons. The fraction of sp³-hybridized carbons (Fsp3) is 0.286. The Labute approximate surface area is 157 Å². The molecule has 4 rings (SSSR count). The average Bonchev–Trinajstić information content (AvgIpc) is 3.15. The highest BCUT2D eigenvalue weighted by Gasteiger charge is 2.13. The maximum absolute atomic E-state index is 12.5.